The van der Waals surface area contributed by atoms with Gasteiger partial charge in [-0.25, -0.2) is 0 Å². The maximum Gasteiger partial charge on any atom is 0 e. The molecule has 0 saturated carbocycles. The van der Waals surface area contributed by atoms with Crippen molar-refractivity contribution in [2.24, 2.45) is 5.41 Å². The summed E-state index contributed by atoms with van der Waals surface area (Å²) in [5.41, 5.74) is 7.17. The fourth-order valence-corrected chi connectivity index (χ4v) is 0. The second-order valence-corrected chi connectivity index (χ2v) is 2.92. The zero-order chi connectivity index (χ0) is 6.08. The molecule has 3 heteroatoms. The van der Waals surface area contributed by atoms with Crippen LogP contribution in [0.1, 0.15) is 20.8 Å². The fourth-order valence-electron chi connectivity index (χ4n) is 0. The summed E-state index contributed by atoms with van der Waals surface area (Å²) in [7, 11) is 0. The molecule has 0 aliphatic carbocycles. The molecule has 0 aliphatic heterocycles. The average Bonchev–Trinajstić information content (AvgIpc) is 1.31. The van der Waals surface area contributed by atoms with Crippen LogP contribution in [-0.2, 0) is 65.4 Å². The topological polar surface area (TPSA) is 23.8 Å². The van der Waals surface area contributed by atoms with Crippen LogP contribution >= 0.6 is 0 Å². The third kappa shape index (κ3) is 10.2. The second kappa shape index (κ2) is 6.85. The molecule has 0 aromatic carbocycles. The SMILES string of the molecule is [CH2-]C([NH-])C(C)(C)C.[Y].[Y]. The van der Waals surface area contributed by atoms with Crippen LogP contribution in [0.15, 0.2) is 0 Å². The van der Waals surface area contributed by atoms with Crippen molar-refractivity contribution in [3.05, 3.63) is 12.7 Å². The Bertz CT molecular complexity index is 56.6. The average molecular weight is 277 g/mol. The van der Waals surface area contributed by atoms with Gasteiger partial charge in [0, 0.05) is 65.4 Å². The van der Waals surface area contributed by atoms with Gasteiger partial charge >= 0.3 is 0 Å². The molecule has 0 aromatic heterocycles. The number of hydrogen-bond donors (Lipinski definition) is 0. The Hall–Kier alpha value is 2.17. The first kappa shape index (κ1) is 17.3. The largest absolute Gasteiger partial charge is 0.701 e. The van der Waals surface area contributed by atoms with Gasteiger partial charge < -0.3 is 12.7 Å². The predicted molar refractivity (Wildman–Crippen MR) is 32.9 cm³/mol. The van der Waals surface area contributed by atoms with E-state index in [1.807, 2.05) is 20.8 Å². The van der Waals surface area contributed by atoms with Crippen molar-refractivity contribution in [3.8, 4) is 0 Å². The minimum Gasteiger partial charge on any atom is -0.701 e. The van der Waals surface area contributed by atoms with Crippen LogP contribution in [0, 0.1) is 12.3 Å². The van der Waals surface area contributed by atoms with E-state index >= 15 is 0 Å². The quantitative estimate of drug-likeness (QED) is 0.607. The Morgan fingerprint density at radius 3 is 1.33 bits per heavy atom. The summed E-state index contributed by atoms with van der Waals surface area (Å²) in [6.45, 7) is 9.61. The molecule has 1 unspecified atom stereocenters. The van der Waals surface area contributed by atoms with E-state index in [2.05, 4.69) is 6.92 Å². The second-order valence-electron chi connectivity index (χ2n) is 2.92. The minimum absolute atomic E-state index is 0. The van der Waals surface area contributed by atoms with Gasteiger partial charge in [0.15, 0.2) is 0 Å². The summed E-state index contributed by atoms with van der Waals surface area (Å²) in [6, 6.07) is -0.201. The van der Waals surface area contributed by atoms with Crippen molar-refractivity contribution in [2.75, 3.05) is 0 Å². The number of hydrogen-bond acceptors (Lipinski definition) is 0. The molecule has 1 nitrogen and oxygen atoms in total. The Balaban J connectivity index is -0.000000180. The third-order valence-electron chi connectivity index (χ3n) is 1.05. The van der Waals surface area contributed by atoms with E-state index in [9.17, 15) is 0 Å². The van der Waals surface area contributed by atoms with E-state index in [1.54, 1.807) is 0 Å². The maximum atomic E-state index is 7.12. The molecule has 0 fully saturated rings. The van der Waals surface area contributed by atoms with Gasteiger partial charge in [-0.15, -0.1) is 0 Å². The van der Waals surface area contributed by atoms with Gasteiger partial charge in [0.2, 0.25) is 0 Å². The van der Waals surface area contributed by atoms with Crippen LogP contribution in [0.3, 0.4) is 0 Å². The molecule has 9 heavy (non-hydrogen) atoms. The van der Waals surface area contributed by atoms with Gasteiger partial charge in [0.25, 0.3) is 0 Å². The number of rotatable bonds is 0. The maximum absolute atomic E-state index is 7.12. The van der Waals surface area contributed by atoms with Gasteiger partial charge in [-0.05, 0) is 0 Å². The molecule has 2 radical (unpaired) electrons. The minimum atomic E-state index is -0.201. The molecule has 0 aromatic rings. The van der Waals surface area contributed by atoms with Crippen molar-refractivity contribution < 1.29 is 65.4 Å². The molecule has 1 N–H and O–H groups in total. The van der Waals surface area contributed by atoms with E-state index in [0.29, 0.717) is 0 Å². The van der Waals surface area contributed by atoms with Gasteiger partial charge in [0.1, 0.15) is 0 Å². The van der Waals surface area contributed by atoms with E-state index in [4.69, 9.17) is 5.73 Å². The van der Waals surface area contributed by atoms with Crippen LogP contribution < -0.4 is 0 Å². The summed E-state index contributed by atoms with van der Waals surface area (Å²) >= 11 is 0. The summed E-state index contributed by atoms with van der Waals surface area (Å²) < 4.78 is 0. The van der Waals surface area contributed by atoms with E-state index in [1.165, 1.54) is 0 Å². The zero-order valence-electron chi connectivity index (χ0n) is 6.44. The van der Waals surface area contributed by atoms with Crippen LogP contribution in [0.25, 0.3) is 5.73 Å². The van der Waals surface area contributed by atoms with E-state index in [0.717, 1.165) is 0 Å². The first-order valence-corrected chi connectivity index (χ1v) is 2.49. The molecule has 0 bridgehead atoms. The zero-order valence-corrected chi connectivity index (χ0v) is 12.1. The van der Waals surface area contributed by atoms with E-state index in [-0.39, 0.29) is 76.9 Å². The van der Waals surface area contributed by atoms with Crippen molar-refractivity contribution in [3.63, 3.8) is 0 Å². The smallest absolute Gasteiger partial charge is 0 e. The van der Waals surface area contributed by atoms with Crippen molar-refractivity contribution >= 4 is 0 Å². The third-order valence-corrected chi connectivity index (χ3v) is 1.05. The van der Waals surface area contributed by atoms with Crippen molar-refractivity contribution in [1.29, 1.82) is 0 Å². The summed E-state index contributed by atoms with van der Waals surface area (Å²) in [6.07, 6.45) is 0. The molecule has 0 amide bonds. The Morgan fingerprint density at radius 2 is 1.33 bits per heavy atom. The van der Waals surface area contributed by atoms with E-state index < -0.39 is 0 Å². The monoisotopic (exact) mass is 277 g/mol. The van der Waals surface area contributed by atoms with Crippen molar-refractivity contribution in [2.45, 2.75) is 26.8 Å². The summed E-state index contributed by atoms with van der Waals surface area (Å²) in [5.74, 6) is 0. The normalized spacial score (nSPS) is 13.0. The molecule has 0 rings (SSSR count). The first-order chi connectivity index (χ1) is 2.94. The van der Waals surface area contributed by atoms with Crippen LogP contribution in [0.2, 0.25) is 0 Å². The Morgan fingerprint density at radius 1 is 1.22 bits per heavy atom. The van der Waals surface area contributed by atoms with Crippen molar-refractivity contribution in [1.82, 2.24) is 0 Å². The molecule has 0 heterocycles. The molecule has 0 spiro atoms. The number of nitrogens with one attached hydrogen (secondary N) is 1. The molecule has 50 valence electrons. The van der Waals surface area contributed by atoms with Gasteiger partial charge in [-0.1, -0.05) is 26.2 Å². The van der Waals surface area contributed by atoms with Gasteiger partial charge in [-0.3, -0.25) is 6.04 Å². The van der Waals surface area contributed by atoms with Gasteiger partial charge in [0.05, 0.1) is 0 Å². The molecule has 0 aliphatic rings. The fraction of sp³-hybridized carbons (Fsp3) is 0.833. The molecular formula is C6H13NY2-2. The summed E-state index contributed by atoms with van der Waals surface area (Å²) in [4.78, 5) is 0. The Labute approximate surface area is 109 Å². The molecular weight excluding hydrogens is 264 g/mol. The molecule has 1 atom stereocenters. The molecule has 0 saturated heterocycles. The summed E-state index contributed by atoms with van der Waals surface area (Å²) in [5, 5.41) is 0. The van der Waals surface area contributed by atoms with Crippen LogP contribution in [0.4, 0.5) is 0 Å². The Kier molecular flexibility index (Phi) is 13.2. The van der Waals surface area contributed by atoms with Crippen LogP contribution in [-0.4, -0.2) is 6.04 Å². The van der Waals surface area contributed by atoms with Gasteiger partial charge in [-0.2, -0.15) is 0 Å². The predicted octanol–water partition coefficient (Wildman–Crippen LogP) is 2.28. The first-order valence-electron chi connectivity index (χ1n) is 2.49. The standard InChI is InChI=1S/C6H13N.2Y/c1-5(7)6(2,3)4;;/h5,7H,1H2,2-4H3;;/q-2;;. The van der Waals surface area contributed by atoms with Crippen LogP contribution in [0.5, 0.6) is 0 Å².